The summed E-state index contributed by atoms with van der Waals surface area (Å²) >= 11 is 1.12. The van der Waals surface area contributed by atoms with Gasteiger partial charge in [-0.05, 0) is 36.9 Å². The molecule has 1 amide bonds. The van der Waals surface area contributed by atoms with E-state index in [0.717, 1.165) is 36.1 Å². The van der Waals surface area contributed by atoms with Crippen LogP contribution in [0.3, 0.4) is 0 Å². The Morgan fingerprint density at radius 3 is 2.43 bits per heavy atom. The van der Waals surface area contributed by atoms with Gasteiger partial charge in [0.15, 0.2) is 10.9 Å². The zero-order valence-electron chi connectivity index (χ0n) is 17.3. The first-order chi connectivity index (χ1) is 14.4. The number of benzene rings is 2. The summed E-state index contributed by atoms with van der Waals surface area (Å²) in [5, 5.41) is 0.375. The molecular weight excluding hydrogens is 408 g/mol. The number of rotatable bonds is 9. The normalized spacial score (nSPS) is 11.3. The van der Waals surface area contributed by atoms with E-state index >= 15 is 0 Å². The van der Waals surface area contributed by atoms with Gasteiger partial charge in [-0.15, -0.1) is 0 Å². The van der Waals surface area contributed by atoms with Crippen LogP contribution in [0, 0.1) is 11.6 Å². The Morgan fingerprint density at radius 2 is 1.80 bits per heavy atom. The summed E-state index contributed by atoms with van der Waals surface area (Å²) in [6.07, 6.45) is 0.176. The third-order valence-corrected chi connectivity index (χ3v) is 6.01. The van der Waals surface area contributed by atoms with E-state index in [0.29, 0.717) is 28.7 Å². The van der Waals surface area contributed by atoms with E-state index in [2.05, 4.69) is 23.7 Å². The van der Waals surface area contributed by atoms with Crippen molar-refractivity contribution >= 4 is 32.6 Å². The minimum atomic E-state index is -0.723. The minimum absolute atomic E-state index is 0.0847. The molecule has 0 aliphatic heterocycles. The molecule has 0 fully saturated rings. The van der Waals surface area contributed by atoms with Crippen molar-refractivity contribution in [3.8, 4) is 5.75 Å². The molecule has 160 valence electrons. The summed E-state index contributed by atoms with van der Waals surface area (Å²) in [6.45, 7) is 6.91. The topological polar surface area (TPSA) is 45.7 Å². The summed E-state index contributed by atoms with van der Waals surface area (Å²) in [6, 6.07) is 9.35. The van der Waals surface area contributed by atoms with Gasteiger partial charge in [-0.25, -0.2) is 13.8 Å². The average molecular weight is 434 g/mol. The number of hydrogen-bond acceptors (Lipinski definition) is 5. The second-order valence-corrected chi connectivity index (χ2v) is 7.84. The molecule has 3 aromatic rings. The highest BCUT2D eigenvalue weighted by atomic mass is 32.1. The number of aromatic nitrogens is 1. The number of ether oxygens (including phenoxy) is 1. The summed E-state index contributed by atoms with van der Waals surface area (Å²) < 4.78 is 33.3. The quantitative estimate of drug-likeness (QED) is 0.499. The lowest BCUT2D eigenvalue weighted by Gasteiger charge is -2.24. The van der Waals surface area contributed by atoms with Crippen molar-refractivity contribution in [1.82, 2.24) is 9.88 Å². The smallest absolute Gasteiger partial charge is 0.233 e. The van der Waals surface area contributed by atoms with Gasteiger partial charge in [-0.1, -0.05) is 37.3 Å². The van der Waals surface area contributed by atoms with Crippen molar-refractivity contribution in [2.24, 2.45) is 0 Å². The van der Waals surface area contributed by atoms with Gasteiger partial charge in [-0.3, -0.25) is 9.69 Å². The second-order valence-electron chi connectivity index (χ2n) is 6.83. The van der Waals surface area contributed by atoms with Gasteiger partial charge >= 0.3 is 0 Å². The number of hydrogen-bond donors (Lipinski definition) is 0. The summed E-state index contributed by atoms with van der Waals surface area (Å²) in [5.41, 5.74) is 0.925. The maximum atomic E-state index is 14.1. The molecule has 3 rings (SSSR count). The number of carbonyl (C=O) groups is 1. The maximum Gasteiger partial charge on any atom is 0.233 e. The van der Waals surface area contributed by atoms with Gasteiger partial charge in [-0.2, -0.15) is 0 Å². The van der Waals surface area contributed by atoms with Gasteiger partial charge in [0.05, 0.1) is 18.2 Å². The summed E-state index contributed by atoms with van der Waals surface area (Å²) in [7, 11) is 1.59. The van der Waals surface area contributed by atoms with Crippen molar-refractivity contribution in [3.05, 3.63) is 53.6 Å². The van der Waals surface area contributed by atoms with E-state index in [4.69, 9.17) is 4.74 Å². The number of nitrogens with zero attached hydrogens (tertiary/aromatic N) is 3. The lowest BCUT2D eigenvalue weighted by atomic mass is 10.1. The Bertz CT molecular complexity index is 1000. The van der Waals surface area contributed by atoms with Crippen LogP contribution in [-0.2, 0) is 11.2 Å². The van der Waals surface area contributed by atoms with E-state index in [-0.39, 0.29) is 17.8 Å². The predicted octanol–water partition coefficient (Wildman–Crippen LogP) is 4.50. The predicted molar refractivity (Wildman–Crippen MR) is 116 cm³/mol. The average Bonchev–Trinajstić information content (AvgIpc) is 3.15. The van der Waals surface area contributed by atoms with Gasteiger partial charge in [0.25, 0.3) is 0 Å². The number of anilines is 1. The van der Waals surface area contributed by atoms with E-state index in [9.17, 15) is 13.6 Å². The molecule has 5 nitrogen and oxygen atoms in total. The van der Waals surface area contributed by atoms with E-state index < -0.39 is 11.6 Å². The summed E-state index contributed by atoms with van der Waals surface area (Å²) in [4.78, 5) is 21.2. The van der Waals surface area contributed by atoms with Crippen molar-refractivity contribution in [2.45, 2.75) is 20.3 Å². The maximum absolute atomic E-state index is 14.1. The van der Waals surface area contributed by atoms with Crippen LogP contribution >= 0.6 is 11.3 Å². The lowest BCUT2D eigenvalue weighted by Crippen LogP contribution is -2.39. The highest BCUT2D eigenvalue weighted by Crippen LogP contribution is 2.31. The number of fused-ring (bicyclic) bond motifs is 1. The fourth-order valence-electron chi connectivity index (χ4n) is 3.18. The van der Waals surface area contributed by atoms with Crippen molar-refractivity contribution in [3.63, 3.8) is 0 Å². The molecule has 0 atom stereocenters. The number of thiazole rings is 1. The highest BCUT2D eigenvalue weighted by Gasteiger charge is 2.22. The van der Waals surface area contributed by atoms with E-state index in [1.165, 1.54) is 6.07 Å². The van der Waals surface area contributed by atoms with Gasteiger partial charge in [0, 0.05) is 19.2 Å². The number of halogens is 2. The number of methoxy groups -OCH3 is 1. The lowest BCUT2D eigenvalue weighted by molar-refractivity contribution is -0.118. The molecule has 1 aromatic heterocycles. The number of carbonyl (C=O) groups excluding carboxylic acids is 1. The highest BCUT2D eigenvalue weighted by molar-refractivity contribution is 7.22. The molecule has 0 aliphatic rings. The molecule has 30 heavy (non-hydrogen) atoms. The summed E-state index contributed by atoms with van der Waals surface area (Å²) in [5.74, 6) is -0.811. The zero-order chi connectivity index (χ0) is 21.7. The van der Waals surface area contributed by atoms with Crippen LogP contribution in [-0.4, -0.2) is 49.1 Å². The molecule has 0 saturated carbocycles. The number of likely N-dealkylation sites (N-methyl/N-ethyl adjacent to an activating group) is 1. The SMILES string of the molecule is CCN(CC)CCN(C(=O)Cc1ccc(OC)cc1)c1nc2c(F)cc(F)cc2s1. The molecule has 0 spiro atoms. The Hall–Kier alpha value is -2.58. The van der Waals surface area contributed by atoms with Crippen LogP contribution in [0.4, 0.5) is 13.9 Å². The molecule has 0 radical (unpaired) electrons. The Kier molecular flexibility index (Phi) is 7.33. The molecular formula is C22H25F2N3O2S. The third-order valence-electron chi connectivity index (χ3n) is 4.98. The molecule has 0 N–H and O–H groups in total. The van der Waals surface area contributed by atoms with Crippen LogP contribution in [0.15, 0.2) is 36.4 Å². The third kappa shape index (κ3) is 5.12. The molecule has 1 heterocycles. The van der Waals surface area contributed by atoms with Gasteiger partial charge < -0.3 is 9.64 Å². The first kappa shape index (κ1) is 22.1. The van der Waals surface area contributed by atoms with Crippen molar-refractivity contribution in [2.75, 3.05) is 38.2 Å². The molecule has 0 saturated heterocycles. The monoisotopic (exact) mass is 433 g/mol. The van der Waals surface area contributed by atoms with E-state index in [1.54, 1.807) is 24.1 Å². The molecule has 0 bridgehead atoms. The first-order valence-corrected chi connectivity index (χ1v) is 10.7. The zero-order valence-corrected chi connectivity index (χ0v) is 18.1. The largest absolute Gasteiger partial charge is 0.497 e. The minimum Gasteiger partial charge on any atom is -0.497 e. The molecule has 2 aromatic carbocycles. The van der Waals surface area contributed by atoms with Crippen LogP contribution in [0.5, 0.6) is 5.75 Å². The van der Waals surface area contributed by atoms with Gasteiger partial charge in [0.1, 0.15) is 17.1 Å². The van der Waals surface area contributed by atoms with Crippen LogP contribution in [0.1, 0.15) is 19.4 Å². The van der Waals surface area contributed by atoms with Crippen LogP contribution in [0.25, 0.3) is 10.2 Å². The molecule has 0 unspecified atom stereocenters. The number of amides is 1. The Morgan fingerprint density at radius 1 is 1.10 bits per heavy atom. The Labute approximate surface area is 178 Å². The fraction of sp³-hybridized carbons (Fsp3) is 0.364. The molecule has 0 aliphatic carbocycles. The standard InChI is InChI=1S/C22H25F2N3O2S/c1-4-26(5-2)10-11-27(20(28)12-15-6-8-17(29-3)9-7-15)22-25-21-18(24)13-16(23)14-19(21)30-22/h6-9,13-14H,4-5,10-12H2,1-3H3. The van der Waals surface area contributed by atoms with E-state index in [1.807, 2.05) is 12.1 Å². The van der Waals surface area contributed by atoms with Crippen molar-refractivity contribution < 1.29 is 18.3 Å². The van der Waals surface area contributed by atoms with Crippen LogP contribution in [0.2, 0.25) is 0 Å². The van der Waals surface area contributed by atoms with Crippen LogP contribution < -0.4 is 9.64 Å². The van der Waals surface area contributed by atoms with Crippen molar-refractivity contribution in [1.29, 1.82) is 0 Å². The fourth-order valence-corrected chi connectivity index (χ4v) is 4.23. The second kappa shape index (κ2) is 9.95. The molecule has 8 heteroatoms. The first-order valence-electron chi connectivity index (χ1n) is 9.86. The Balaban J connectivity index is 1.89. The van der Waals surface area contributed by atoms with Gasteiger partial charge in [0.2, 0.25) is 5.91 Å².